The predicted octanol–water partition coefficient (Wildman–Crippen LogP) is 2.36. The first-order chi connectivity index (χ1) is 10.6. The summed E-state index contributed by atoms with van der Waals surface area (Å²) in [4.78, 5) is 24.6. The molecule has 0 saturated carbocycles. The van der Waals surface area contributed by atoms with Crippen LogP contribution in [0.3, 0.4) is 0 Å². The molecule has 1 aliphatic rings. The number of rotatable bonds is 3. The minimum Gasteiger partial charge on any atom is -0.481 e. The van der Waals surface area contributed by atoms with E-state index in [0.717, 1.165) is 22.3 Å². The van der Waals surface area contributed by atoms with Crippen LogP contribution in [0.25, 0.3) is 11.0 Å². The van der Waals surface area contributed by atoms with E-state index in [1.165, 1.54) is 4.90 Å². The Balaban J connectivity index is 1.63. The highest BCUT2D eigenvalue weighted by Crippen LogP contribution is 2.24. The first-order valence-electron chi connectivity index (χ1n) is 7.29. The molecule has 6 nitrogen and oxygen atoms in total. The molecule has 1 saturated heterocycles. The fraction of sp³-hybridized carbons (Fsp3) is 0.375. The third-order valence-electron chi connectivity index (χ3n) is 4.17. The van der Waals surface area contributed by atoms with Gasteiger partial charge in [-0.25, -0.2) is 4.79 Å². The van der Waals surface area contributed by atoms with Gasteiger partial charge in [-0.2, -0.15) is 0 Å². The van der Waals surface area contributed by atoms with E-state index in [1.54, 1.807) is 0 Å². The molecule has 0 bridgehead atoms. The standard InChI is InChI=1S/C16H18N2O4/c1-10-12-4-2-3-5-13(12)22-14(10)8-17-16(21)18-7-6-11(9-18)15(19)20/h2-5,11H,6-9H2,1H3,(H,17,21)(H,19,20). The summed E-state index contributed by atoms with van der Waals surface area (Å²) in [7, 11) is 0. The number of amides is 2. The zero-order chi connectivity index (χ0) is 15.7. The molecule has 2 heterocycles. The Morgan fingerprint density at radius 3 is 2.86 bits per heavy atom. The molecule has 0 aliphatic carbocycles. The van der Waals surface area contributed by atoms with Crippen molar-refractivity contribution < 1.29 is 19.1 Å². The summed E-state index contributed by atoms with van der Waals surface area (Å²) in [6.07, 6.45) is 0.506. The Morgan fingerprint density at radius 1 is 1.41 bits per heavy atom. The lowest BCUT2D eigenvalue weighted by atomic mass is 10.1. The average molecular weight is 302 g/mol. The number of nitrogens with zero attached hydrogens (tertiary/aromatic N) is 1. The lowest BCUT2D eigenvalue weighted by Gasteiger charge is -2.16. The SMILES string of the molecule is Cc1c(CNC(=O)N2CCC(C(=O)O)C2)oc2ccccc12. The third-order valence-corrected chi connectivity index (χ3v) is 4.17. The number of carboxylic acids is 1. The van der Waals surface area contributed by atoms with Gasteiger partial charge in [0.15, 0.2) is 0 Å². The maximum Gasteiger partial charge on any atom is 0.317 e. The van der Waals surface area contributed by atoms with Crippen LogP contribution in [0.15, 0.2) is 28.7 Å². The smallest absolute Gasteiger partial charge is 0.317 e. The van der Waals surface area contributed by atoms with Crippen molar-refractivity contribution in [3.63, 3.8) is 0 Å². The molecule has 1 atom stereocenters. The van der Waals surface area contributed by atoms with Crippen LogP contribution in [0.1, 0.15) is 17.7 Å². The number of carbonyl (C=O) groups excluding carboxylic acids is 1. The lowest BCUT2D eigenvalue weighted by molar-refractivity contribution is -0.141. The van der Waals surface area contributed by atoms with Gasteiger partial charge in [-0.15, -0.1) is 0 Å². The molecule has 116 valence electrons. The second-order valence-corrected chi connectivity index (χ2v) is 5.57. The first kappa shape index (κ1) is 14.4. The number of carboxylic acid groups (broad SMARTS) is 1. The van der Waals surface area contributed by atoms with E-state index in [1.807, 2.05) is 31.2 Å². The summed E-state index contributed by atoms with van der Waals surface area (Å²) in [5.41, 5.74) is 1.82. The third kappa shape index (κ3) is 2.64. The van der Waals surface area contributed by atoms with Crippen molar-refractivity contribution in [2.75, 3.05) is 13.1 Å². The first-order valence-corrected chi connectivity index (χ1v) is 7.29. The number of likely N-dealkylation sites (tertiary alicyclic amines) is 1. The number of furan rings is 1. The number of fused-ring (bicyclic) bond motifs is 1. The summed E-state index contributed by atoms with van der Waals surface area (Å²) in [6, 6.07) is 7.49. The van der Waals surface area contributed by atoms with Crippen molar-refractivity contribution in [3.05, 3.63) is 35.6 Å². The van der Waals surface area contributed by atoms with Gasteiger partial charge in [-0.3, -0.25) is 4.79 Å². The molecule has 1 aromatic heterocycles. The van der Waals surface area contributed by atoms with E-state index >= 15 is 0 Å². The van der Waals surface area contributed by atoms with Gasteiger partial charge in [0.1, 0.15) is 11.3 Å². The van der Waals surface area contributed by atoms with E-state index in [-0.39, 0.29) is 12.6 Å². The predicted molar refractivity (Wildman–Crippen MR) is 80.5 cm³/mol. The second kappa shape index (κ2) is 5.71. The average Bonchev–Trinajstić information content (AvgIpc) is 3.11. The second-order valence-electron chi connectivity index (χ2n) is 5.57. The molecule has 1 aliphatic heterocycles. The van der Waals surface area contributed by atoms with Gasteiger partial charge in [0, 0.05) is 24.0 Å². The van der Waals surface area contributed by atoms with Crippen molar-refractivity contribution >= 4 is 23.0 Å². The highest BCUT2D eigenvalue weighted by molar-refractivity contribution is 5.82. The van der Waals surface area contributed by atoms with Crippen LogP contribution in [-0.2, 0) is 11.3 Å². The molecule has 2 aromatic rings. The van der Waals surface area contributed by atoms with Crippen molar-refractivity contribution in [1.82, 2.24) is 10.2 Å². The summed E-state index contributed by atoms with van der Waals surface area (Å²) < 4.78 is 5.74. The van der Waals surface area contributed by atoms with Crippen molar-refractivity contribution in [1.29, 1.82) is 0 Å². The molecule has 2 amide bonds. The number of hydrogen-bond donors (Lipinski definition) is 2. The molecular weight excluding hydrogens is 284 g/mol. The molecule has 6 heteroatoms. The van der Waals surface area contributed by atoms with Crippen LogP contribution in [0.5, 0.6) is 0 Å². The number of nitrogens with one attached hydrogen (secondary N) is 1. The normalized spacial score (nSPS) is 17.9. The van der Waals surface area contributed by atoms with Gasteiger partial charge in [-0.1, -0.05) is 18.2 Å². The molecule has 1 fully saturated rings. The Kier molecular flexibility index (Phi) is 3.75. The monoisotopic (exact) mass is 302 g/mol. The minimum atomic E-state index is -0.844. The summed E-state index contributed by atoms with van der Waals surface area (Å²) >= 11 is 0. The highest BCUT2D eigenvalue weighted by Gasteiger charge is 2.30. The maximum atomic E-state index is 12.1. The lowest BCUT2D eigenvalue weighted by Crippen LogP contribution is -2.38. The van der Waals surface area contributed by atoms with Crippen LogP contribution in [0.2, 0.25) is 0 Å². The van der Waals surface area contributed by atoms with E-state index in [9.17, 15) is 9.59 Å². The fourth-order valence-electron chi connectivity index (χ4n) is 2.81. The topological polar surface area (TPSA) is 82.8 Å². The highest BCUT2D eigenvalue weighted by atomic mass is 16.4. The number of hydrogen-bond acceptors (Lipinski definition) is 3. The van der Waals surface area contributed by atoms with E-state index in [4.69, 9.17) is 9.52 Å². The molecule has 1 aromatic carbocycles. The van der Waals surface area contributed by atoms with Gasteiger partial charge in [0.2, 0.25) is 0 Å². The molecule has 1 unspecified atom stereocenters. The van der Waals surface area contributed by atoms with Crippen LogP contribution in [-0.4, -0.2) is 35.1 Å². The maximum absolute atomic E-state index is 12.1. The molecule has 2 N–H and O–H groups in total. The number of aryl methyl sites for hydroxylation is 1. The van der Waals surface area contributed by atoms with Gasteiger partial charge >= 0.3 is 12.0 Å². The largest absolute Gasteiger partial charge is 0.481 e. The summed E-state index contributed by atoms with van der Waals surface area (Å²) in [5, 5.41) is 12.8. The summed E-state index contributed by atoms with van der Waals surface area (Å²) in [5.74, 6) is -0.578. The van der Waals surface area contributed by atoms with Gasteiger partial charge in [0.05, 0.1) is 12.5 Å². The molecular formula is C16H18N2O4. The van der Waals surface area contributed by atoms with Gasteiger partial charge in [-0.05, 0) is 19.4 Å². The minimum absolute atomic E-state index is 0.247. The fourth-order valence-corrected chi connectivity index (χ4v) is 2.81. The Labute approximate surface area is 127 Å². The van der Waals surface area contributed by atoms with Crippen molar-refractivity contribution in [3.8, 4) is 0 Å². The van der Waals surface area contributed by atoms with Crippen LogP contribution in [0, 0.1) is 12.8 Å². The number of para-hydroxylation sites is 1. The quantitative estimate of drug-likeness (QED) is 0.911. The Morgan fingerprint density at radius 2 is 2.18 bits per heavy atom. The van der Waals surface area contributed by atoms with Gasteiger partial charge in [0.25, 0.3) is 0 Å². The Bertz CT molecular complexity index is 722. The number of benzene rings is 1. The van der Waals surface area contributed by atoms with E-state index in [2.05, 4.69) is 5.32 Å². The van der Waals surface area contributed by atoms with Gasteiger partial charge < -0.3 is 19.7 Å². The Hall–Kier alpha value is -2.50. The van der Waals surface area contributed by atoms with Crippen molar-refractivity contribution in [2.24, 2.45) is 5.92 Å². The van der Waals surface area contributed by atoms with Crippen LogP contribution < -0.4 is 5.32 Å². The molecule has 3 rings (SSSR count). The van der Waals surface area contributed by atoms with Crippen LogP contribution >= 0.6 is 0 Å². The summed E-state index contributed by atoms with van der Waals surface area (Å²) in [6.45, 7) is 3.00. The molecule has 0 spiro atoms. The van der Waals surface area contributed by atoms with E-state index in [0.29, 0.717) is 19.5 Å². The van der Waals surface area contributed by atoms with Crippen molar-refractivity contribution in [2.45, 2.75) is 19.9 Å². The molecule has 0 radical (unpaired) electrons. The molecule has 22 heavy (non-hydrogen) atoms. The van der Waals surface area contributed by atoms with Crippen LogP contribution in [0.4, 0.5) is 4.79 Å². The number of urea groups is 1. The number of carbonyl (C=O) groups is 2. The number of aliphatic carboxylic acids is 1. The zero-order valence-electron chi connectivity index (χ0n) is 12.3. The van der Waals surface area contributed by atoms with E-state index < -0.39 is 11.9 Å². The zero-order valence-corrected chi connectivity index (χ0v) is 12.3.